The molecule has 0 aromatic rings. The Balaban J connectivity index is 2.26. The van der Waals surface area contributed by atoms with E-state index in [9.17, 15) is 58.2 Å². The molecule has 4 aliphatic rings. The fourth-order valence-electron chi connectivity index (χ4n) is 5.58. The van der Waals surface area contributed by atoms with Gasteiger partial charge in [0.25, 0.3) is 5.66 Å². The van der Waals surface area contributed by atoms with Gasteiger partial charge in [-0.1, -0.05) is 0 Å². The molecule has 0 atom stereocenters. The summed E-state index contributed by atoms with van der Waals surface area (Å²) in [4.78, 5) is 130. The van der Waals surface area contributed by atoms with Crippen molar-refractivity contribution in [1.82, 2.24) is 19.6 Å². The van der Waals surface area contributed by atoms with Gasteiger partial charge in [0, 0.05) is 51.4 Å². The van der Waals surface area contributed by atoms with Gasteiger partial charge in [-0.3, -0.25) is 53.0 Å². The van der Waals surface area contributed by atoms with Crippen LogP contribution in [0.4, 0.5) is 0 Å². The molecular formula is C21H20N4O12. The van der Waals surface area contributed by atoms with Crippen LogP contribution in [0.3, 0.4) is 0 Å². The van der Waals surface area contributed by atoms with E-state index in [1.807, 2.05) is 0 Å². The molecule has 0 radical (unpaired) electrons. The Morgan fingerprint density at radius 3 is 0.973 bits per heavy atom. The van der Waals surface area contributed by atoms with Gasteiger partial charge in [-0.15, -0.1) is 0 Å². The van der Waals surface area contributed by atoms with Gasteiger partial charge in [0.1, 0.15) is 0 Å². The summed E-state index contributed by atoms with van der Waals surface area (Å²) < 4.78 is 0. The molecule has 4 heterocycles. The lowest BCUT2D eigenvalue weighted by Crippen LogP contribution is -2.87. The lowest BCUT2D eigenvalue weighted by molar-refractivity contribution is -0.225. The summed E-state index contributed by atoms with van der Waals surface area (Å²) >= 11 is 0. The monoisotopic (exact) mass is 520 g/mol. The molecule has 2 N–H and O–H groups in total. The summed E-state index contributed by atoms with van der Waals surface area (Å²) in [6.45, 7) is 0. The number of aliphatic carboxylic acids is 2. The summed E-state index contributed by atoms with van der Waals surface area (Å²) in [5.41, 5.74) is -7.29. The number of carbonyl (C=O) groups excluding carboxylic acids is 8. The number of likely N-dealkylation sites (tertiary alicyclic amines) is 4. The topological polar surface area (TPSA) is 224 Å². The maximum absolute atomic E-state index is 13.4. The van der Waals surface area contributed by atoms with Crippen LogP contribution in [-0.2, 0) is 47.9 Å². The first-order chi connectivity index (χ1) is 17.3. The molecule has 0 spiro atoms. The van der Waals surface area contributed by atoms with Crippen LogP contribution in [0.5, 0.6) is 0 Å². The molecule has 16 nitrogen and oxygen atoms in total. The largest absolute Gasteiger partial charge is 0.481 e. The first kappa shape index (κ1) is 25.6. The standard InChI is InChI=1S/C21H20N4O12/c26-10-1-2-11(27)22(10)20(9-18(34)35,23-12(28)3-4-13(23)29)21(19(36)37,24-14(30)5-6-15(24)31)25-16(32)7-8-17(25)33/h1-9H2,(H,34,35)(H,36,37). The lowest BCUT2D eigenvalue weighted by Gasteiger charge is -2.58. The van der Waals surface area contributed by atoms with Crippen LogP contribution in [0.2, 0.25) is 0 Å². The molecule has 0 aromatic carbocycles. The Hall–Kier alpha value is -4.50. The molecule has 0 aromatic heterocycles. The van der Waals surface area contributed by atoms with Crippen LogP contribution in [0.25, 0.3) is 0 Å². The van der Waals surface area contributed by atoms with Crippen molar-refractivity contribution < 1.29 is 58.2 Å². The van der Waals surface area contributed by atoms with Crippen molar-refractivity contribution in [3.63, 3.8) is 0 Å². The van der Waals surface area contributed by atoms with E-state index in [0.717, 1.165) is 0 Å². The number of nitrogens with zero attached hydrogens (tertiary/aromatic N) is 4. The number of hydrogen-bond acceptors (Lipinski definition) is 10. The van der Waals surface area contributed by atoms with E-state index in [0.29, 0.717) is 0 Å². The number of carboxylic acids is 2. The van der Waals surface area contributed by atoms with Crippen molar-refractivity contribution in [2.24, 2.45) is 0 Å². The summed E-state index contributed by atoms with van der Waals surface area (Å²) in [7, 11) is 0. The third-order valence-corrected chi connectivity index (χ3v) is 6.85. The van der Waals surface area contributed by atoms with Crippen molar-refractivity contribution in [3.05, 3.63) is 0 Å². The summed E-state index contributed by atoms with van der Waals surface area (Å²) in [5.74, 6) is -14.4. The predicted octanol–water partition coefficient (Wildman–Crippen LogP) is -2.47. The molecule has 196 valence electrons. The first-order valence-corrected chi connectivity index (χ1v) is 11.2. The molecule has 0 unspecified atom stereocenters. The second-order valence-electron chi connectivity index (χ2n) is 8.86. The van der Waals surface area contributed by atoms with E-state index < -0.39 is 128 Å². The zero-order valence-corrected chi connectivity index (χ0v) is 19.1. The molecule has 4 saturated heterocycles. The zero-order chi connectivity index (χ0) is 27.4. The van der Waals surface area contributed by atoms with Gasteiger partial charge in [0.2, 0.25) is 47.3 Å². The number of carbonyl (C=O) groups is 10. The maximum Gasteiger partial charge on any atom is 0.356 e. The first-order valence-electron chi connectivity index (χ1n) is 11.2. The molecule has 4 rings (SSSR count). The average Bonchev–Trinajstić information content (AvgIpc) is 3.53. The maximum atomic E-state index is 13.4. The molecule has 4 aliphatic heterocycles. The second kappa shape index (κ2) is 8.56. The fraction of sp³-hybridized carbons (Fsp3) is 0.524. The third kappa shape index (κ3) is 3.27. The normalized spacial score (nSPS) is 21.4. The smallest absolute Gasteiger partial charge is 0.356 e. The Bertz CT molecular complexity index is 1090. The van der Waals surface area contributed by atoms with Gasteiger partial charge in [-0.05, 0) is 0 Å². The summed E-state index contributed by atoms with van der Waals surface area (Å²) in [6, 6.07) is 0. The van der Waals surface area contributed by atoms with Crippen molar-refractivity contribution >= 4 is 59.2 Å². The number of imide groups is 4. The molecule has 0 bridgehead atoms. The van der Waals surface area contributed by atoms with Gasteiger partial charge in [-0.25, -0.2) is 14.6 Å². The Labute approximate surface area is 206 Å². The van der Waals surface area contributed by atoms with E-state index in [4.69, 9.17) is 0 Å². The minimum atomic E-state index is -3.79. The van der Waals surface area contributed by atoms with E-state index in [2.05, 4.69) is 0 Å². The highest BCUT2D eigenvalue weighted by molar-refractivity contribution is 6.16. The number of amides is 8. The molecule has 16 heteroatoms. The van der Waals surface area contributed by atoms with Crippen molar-refractivity contribution in [2.75, 3.05) is 0 Å². The predicted molar refractivity (Wildman–Crippen MR) is 110 cm³/mol. The van der Waals surface area contributed by atoms with Gasteiger partial charge in [0.15, 0.2) is 5.66 Å². The minimum Gasteiger partial charge on any atom is -0.481 e. The Kier molecular flexibility index (Phi) is 5.92. The van der Waals surface area contributed by atoms with Gasteiger partial charge in [-0.2, -0.15) is 0 Å². The molecule has 4 fully saturated rings. The minimum absolute atomic E-state index is 0.0497. The SMILES string of the molecule is O=C(O)CC(N1C(=O)CCC1=O)(N1C(=O)CCC1=O)C(C(=O)O)(N1C(=O)CCC1=O)N1C(=O)CCC1=O. The number of rotatable bonds is 8. The van der Waals surface area contributed by atoms with E-state index >= 15 is 0 Å². The van der Waals surface area contributed by atoms with Crippen LogP contribution >= 0.6 is 0 Å². The lowest BCUT2D eigenvalue weighted by atomic mass is 9.81. The van der Waals surface area contributed by atoms with Crippen molar-refractivity contribution in [3.8, 4) is 0 Å². The van der Waals surface area contributed by atoms with Gasteiger partial charge >= 0.3 is 11.9 Å². The van der Waals surface area contributed by atoms with Crippen LogP contribution in [0, 0.1) is 0 Å². The van der Waals surface area contributed by atoms with E-state index in [1.165, 1.54) is 0 Å². The van der Waals surface area contributed by atoms with Gasteiger partial charge in [0.05, 0.1) is 6.42 Å². The Morgan fingerprint density at radius 2 is 0.757 bits per heavy atom. The van der Waals surface area contributed by atoms with Crippen molar-refractivity contribution in [1.29, 1.82) is 0 Å². The average molecular weight is 520 g/mol. The van der Waals surface area contributed by atoms with Crippen molar-refractivity contribution in [2.45, 2.75) is 69.1 Å². The summed E-state index contributed by atoms with van der Waals surface area (Å²) in [5, 5.41) is 20.7. The highest BCUT2D eigenvalue weighted by Crippen LogP contribution is 2.49. The quantitative estimate of drug-likeness (QED) is 0.318. The number of hydrogen-bond donors (Lipinski definition) is 2. The van der Waals surface area contributed by atoms with E-state index in [-0.39, 0.29) is 19.6 Å². The molecular weight excluding hydrogens is 500 g/mol. The second-order valence-corrected chi connectivity index (χ2v) is 8.86. The third-order valence-electron chi connectivity index (χ3n) is 6.85. The summed E-state index contributed by atoms with van der Waals surface area (Å²) in [6.07, 6.45) is -6.62. The van der Waals surface area contributed by atoms with Crippen LogP contribution in [0.15, 0.2) is 0 Å². The van der Waals surface area contributed by atoms with Crippen LogP contribution < -0.4 is 0 Å². The molecule has 8 amide bonds. The fourth-order valence-corrected chi connectivity index (χ4v) is 5.58. The highest BCUT2D eigenvalue weighted by atomic mass is 16.4. The Morgan fingerprint density at radius 1 is 0.514 bits per heavy atom. The van der Waals surface area contributed by atoms with Gasteiger partial charge < -0.3 is 10.2 Å². The highest BCUT2D eigenvalue weighted by Gasteiger charge is 2.79. The number of carboxylic acid groups (broad SMARTS) is 2. The molecule has 0 aliphatic carbocycles. The molecule has 0 saturated carbocycles. The zero-order valence-electron chi connectivity index (χ0n) is 19.1. The van der Waals surface area contributed by atoms with Crippen LogP contribution in [0.1, 0.15) is 57.8 Å². The molecule has 37 heavy (non-hydrogen) atoms. The van der Waals surface area contributed by atoms with Crippen LogP contribution in [-0.4, -0.2) is 100 Å². The van der Waals surface area contributed by atoms with E-state index in [1.54, 1.807) is 0 Å².